The smallest absolute Gasteiger partial charge is 0.242 e. The van der Waals surface area contributed by atoms with E-state index in [2.05, 4.69) is 0 Å². The van der Waals surface area contributed by atoms with Gasteiger partial charge >= 0.3 is 0 Å². The number of aromatic hydroxyl groups is 1. The molecule has 2 aromatic carbocycles. The van der Waals surface area contributed by atoms with Gasteiger partial charge in [0.25, 0.3) is 0 Å². The highest BCUT2D eigenvalue weighted by Gasteiger charge is 2.67. The average Bonchev–Trinajstić information content (AvgIpc) is 3.82. The van der Waals surface area contributed by atoms with Crippen molar-refractivity contribution in [3.05, 3.63) is 70.3 Å². The Balaban J connectivity index is 1.23. The molecule has 4 heterocycles. The number of carbonyl (C=O) groups is 4. The van der Waals surface area contributed by atoms with Gasteiger partial charge in [0.2, 0.25) is 29.4 Å². The number of allylic oxidation sites excluding steroid dienone is 3. The number of hydrogen-bond acceptors (Lipinski definition) is 9. The van der Waals surface area contributed by atoms with E-state index in [4.69, 9.17) is 26.2 Å². The third-order valence-electron chi connectivity index (χ3n) is 12.1. The SMILES string of the molecule is CCCN1C(=O)[C@H]2[C@H](CC=C3[C@H]2C[C@H]2C(=O)N(c4cc(-c5sc6ccc(Cl)cc6c5C)nn4C)C(=O)[C@@]2(C)[C@H]3C=Cc2cc(OC)c(O)c(OC)c2)C1=O. The molecule has 2 aliphatic carbocycles. The second-order valence-electron chi connectivity index (χ2n) is 14.9. The van der Waals surface area contributed by atoms with E-state index in [0.717, 1.165) is 26.1 Å². The highest BCUT2D eigenvalue weighted by Crippen LogP contribution is 2.61. The molecule has 4 aliphatic rings. The fraction of sp³-hybridized carbons (Fsp3) is 0.390. The number of aromatic nitrogens is 2. The van der Waals surface area contributed by atoms with Crippen molar-refractivity contribution in [3.63, 3.8) is 0 Å². The molecule has 11 nitrogen and oxygen atoms in total. The minimum atomic E-state index is -1.22. The van der Waals surface area contributed by atoms with E-state index in [-0.39, 0.29) is 47.3 Å². The first-order valence-corrected chi connectivity index (χ1v) is 19.3. The van der Waals surface area contributed by atoms with E-state index in [9.17, 15) is 19.5 Å². The van der Waals surface area contributed by atoms with E-state index >= 15 is 4.79 Å². The standard InChI is InChI=1S/C41H41ClN4O7S/c1-7-14-45-37(48)24-11-10-23-26(34(24)39(45)50)18-28-38(49)46(33-19-29(43-44(33)4)36-20(2)25-17-22(42)9-13-32(25)54-36)40(51)41(28,3)27(23)12-8-21-15-30(52-5)35(47)31(16-21)53-6/h8-10,12-13,15-17,19,24,26-28,34,47H,7,11,14,18H2,1-6H3/t24-,26+,27-,28-,34-,41-/m0/s1. The molecule has 54 heavy (non-hydrogen) atoms. The first-order valence-electron chi connectivity index (χ1n) is 18.1. The van der Waals surface area contributed by atoms with Crippen LogP contribution in [-0.2, 0) is 26.2 Å². The zero-order valence-electron chi connectivity index (χ0n) is 30.9. The lowest BCUT2D eigenvalue weighted by Crippen LogP contribution is -2.49. The quantitative estimate of drug-likeness (QED) is 0.148. The van der Waals surface area contributed by atoms with E-state index in [1.54, 1.807) is 41.3 Å². The summed E-state index contributed by atoms with van der Waals surface area (Å²) in [5.41, 5.74) is 1.95. The summed E-state index contributed by atoms with van der Waals surface area (Å²) >= 11 is 7.89. The van der Waals surface area contributed by atoms with Gasteiger partial charge in [-0.15, -0.1) is 11.3 Å². The summed E-state index contributed by atoms with van der Waals surface area (Å²) in [7, 11) is 4.62. The van der Waals surface area contributed by atoms with E-state index in [1.165, 1.54) is 24.0 Å². The number of fused-ring (bicyclic) bond motifs is 5. The number of imide groups is 2. The number of ether oxygens (including phenoxy) is 2. The maximum Gasteiger partial charge on any atom is 0.242 e. The van der Waals surface area contributed by atoms with Gasteiger partial charge < -0.3 is 14.6 Å². The molecule has 0 spiro atoms. The van der Waals surface area contributed by atoms with Gasteiger partial charge in [0, 0.05) is 35.3 Å². The second-order valence-corrected chi connectivity index (χ2v) is 16.4. The lowest BCUT2D eigenvalue weighted by Gasteiger charge is -2.47. The number of amides is 4. The van der Waals surface area contributed by atoms with Crippen molar-refractivity contribution in [3.8, 4) is 27.8 Å². The Morgan fingerprint density at radius 1 is 1.04 bits per heavy atom. The van der Waals surface area contributed by atoms with Crippen LogP contribution in [-0.4, -0.2) is 64.2 Å². The Labute approximate surface area is 321 Å². The van der Waals surface area contributed by atoms with Crippen LogP contribution in [0.3, 0.4) is 0 Å². The Morgan fingerprint density at radius 3 is 2.44 bits per heavy atom. The first-order chi connectivity index (χ1) is 25.8. The van der Waals surface area contributed by atoms with Crippen LogP contribution in [0, 0.1) is 41.9 Å². The van der Waals surface area contributed by atoms with Gasteiger partial charge in [-0.2, -0.15) is 5.10 Å². The summed E-state index contributed by atoms with van der Waals surface area (Å²) in [5, 5.41) is 17.0. The van der Waals surface area contributed by atoms with Crippen LogP contribution in [0.5, 0.6) is 17.2 Å². The van der Waals surface area contributed by atoms with Crippen molar-refractivity contribution in [2.45, 2.75) is 40.0 Å². The number of rotatable bonds is 8. The highest BCUT2D eigenvalue weighted by molar-refractivity contribution is 7.22. The third kappa shape index (κ3) is 5.16. The fourth-order valence-corrected chi connectivity index (χ4v) is 10.7. The summed E-state index contributed by atoms with van der Waals surface area (Å²) in [4.78, 5) is 60.9. The van der Waals surface area contributed by atoms with Crippen LogP contribution in [0.1, 0.15) is 44.2 Å². The number of aryl methyl sites for hydroxylation is 2. The highest BCUT2D eigenvalue weighted by atomic mass is 35.5. The molecule has 6 atom stereocenters. The number of thiophene rings is 1. The topological polar surface area (TPSA) is 131 Å². The number of benzene rings is 2. The molecule has 1 N–H and O–H groups in total. The Hall–Kier alpha value is -4.94. The minimum absolute atomic E-state index is 0.138. The maximum atomic E-state index is 15.0. The van der Waals surface area contributed by atoms with Crippen molar-refractivity contribution in [1.29, 1.82) is 0 Å². The van der Waals surface area contributed by atoms with Gasteiger partial charge in [-0.3, -0.25) is 28.8 Å². The van der Waals surface area contributed by atoms with Crippen molar-refractivity contribution < 1.29 is 33.8 Å². The molecule has 0 radical (unpaired) electrons. The molecule has 1 saturated carbocycles. The monoisotopic (exact) mass is 768 g/mol. The summed E-state index contributed by atoms with van der Waals surface area (Å²) in [6.07, 6.45) is 7.06. The zero-order valence-corrected chi connectivity index (χ0v) is 32.5. The van der Waals surface area contributed by atoms with Gasteiger partial charge in [0.1, 0.15) is 11.5 Å². The second kappa shape index (κ2) is 13.1. The van der Waals surface area contributed by atoms with Crippen molar-refractivity contribution in [1.82, 2.24) is 14.7 Å². The van der Waals surface area contributed by atoms with Crippen LogP contribution >= 0.6 is 22.9 Å². The predicted molar refractivity (Wildman–Crippen MR) is 206 cm³/mol. The van der Waals surface area contributed by atoms with E-state index in [1.807, 2.05) is 57.2 Å². The van der Waals surface area contributed by atoms with Crippen LogP contribution in [0.4, 0.5) is 5.82 Å². The maximum absolute atomic E-state index is 15.0. The van der Waals surface area contributed by atoms with Crippen molar-refractivity contribution in [2.75, 3.05) is 25.7 Å². The number of carbonyl (C=O) groups excluding carboxylic acids is 4. The lowest BCUT2D eigenvalue weighted by molar-refractivity contribution is -0.140. The Kier molecular flexibility index (Phi) is 8.76. The number of likely N-dealkylation sites (tertiary alicyclic amines) is 1. The molecule has 8 rings (SSSR count). The minimum Gasteiger partial charge on any atom is -0.502 e. The van der Waals surface area contributed by atoms with Gasteiger partial charge in [-0.1, -0.05) is 42.3 Å². The molecule has 2 aromatic heterocycles. The van der Waals surface area contributed by atoms with Crippen LogP contribution in [0.25, 0.3) is 26.7 Å². The molecule has 280 valence electrons. The number of methoxy groups -OCH3 is 2. The van der Waals surface area contributed by atoms with Crippen molar-refractivity contribution in [2.24, 2.45) is 42.1 Å². The third-order valence-corrected chi connectivity index (χ3v) is 13.6. The van der Waals surface area contributed by atoms with E-state index in [0.29, 0.717) is 41.5 Å². The van der Waals surface area contributed by atoms with Gasteiger partial charge in [0.15, 0.2) is 11.5 Å². The van der Waals surface area contributed by atoms with E-state index < -0.39 is 35.0 Å². The molecule has 3 fully saturated rings. The molecule has 4 amide bonds. The number of halogens is 1. The number of phenols is 1. The first kappa shape index (κ1) is 36.1. The molecule has 4 aromatic rings. The summed E-state index contributed by atoms with van der Waals surface area (Å²) < 4.78 is 13.4. The molecule has 0 bridgehead atoms. The fourth-order valence-electron chi connectivity index (χ4n) is 9.38. The predicted octanol–water partition coefficient (Wildman–Crippen LogP) is 7.17. The number of anilines is 1. The number of phenolic OH excluding ortho intramolecular Hbond substituents is 1. The summed E-state index contributed by atoms with van der Waals surface area (Å²) in [6, 6.07) is 10.9. The molecule has 2 saturated heterocycles. The number of hydrogen-bond donors (Lipinski definition) is 1. The zero-order chi connectivity index (χ0) is 38.4. The Bertz CT molecular complexity index is 2320. The molecular weight excluding hydrogens is 728 g/mol. The largest absolute Gasteiger partial charge is 0.502 e. The van der Waals surface area contributed by atoms with Gasteiger partial charge in [-0.25, -0.2) is 4.90 Å². The lowest BCUT2D eigenvalue weighted by atomic mass is 9.52. The average molecular weight is 769 g/mol. The Morgan fingerprint density at radius 2 is 1.76 bits per heavy atom. The van der Waals surface area contributed by atoms with Crippen molar-refractivity contribution >= 4 is 68.5 Å². The van der Waals surface area contributed by atoms with Crippen LogP contribution < -0.4 is 14.4 Å². The molecular formula is C41H41ClN4O7S. The normalized spacial score (nSPS) is 26.5. The number of nitrogens with zero attached hydrogens (tertiary/aromatic N) is 4. The summed E-state index contributed by atoms with van der Waals surface area (Å²) in [6.45, 7) is 6.14. The van der Waals surface area contributed by atoms with Gasteiger partial charge in [0.05, 0.1) is 42.3 Å². The summed E-state index contributed by atoms with van der Waals surface area (Å²) in [5.74, 6) is -3.32. The van der Waals surface area contributed by atoms with Crippen LogP contribution in [0.15, 0.2) is 54.1 Å². The van der Waals surface area contributed by atoms with Gasteiger partial charge in [-0.05, 0) is 85.9 Å². The molecule has 13 heteroatoms. The molecule has 2 aliphatic heterocycles. The molecule has 0 unspecified atom stereocenters. The van der Waals surface area contributed by atoms with Crippen LogP contribution in [0.2, 0.25) is 5.02 Å².